The Morgan fingerprint density at radius 3 is 2.80 bits per heavy atom. The van der Waals surface area contributed by atoms with Crippen molar-refractivity contribution in [3.63, 3.8) is 0 Å². The average Bonchev–Trinajstić information content (AvgIpc) is 2.60. The number of carbonyl (C=O) groups excluding carboxylic acids is 1. The molecule has 0 saturated heterocycles. The Labute approximate surface area is 143 Å². The number of hydrogen-bond donors (Lipinski definition) is 1. The summed E-state index contributed by atoms with van der Waals surface area (Å²) in [6.45, 7) is 0.755. The van der Waals surface area contributed by atoms with Gasteiger partial charge in [0.15, 0.2) is 0 Å². The third-order valence-electron chi connectivity index (χ3n) is 4.37. The van der Waals surface area contributed by atoms with E-state index in [0.717, 1.165) is 11.1 Å². The van der Waals surface area contributed by atoms with E-state index in [1.54, 1.807) is 17.0 Å². The van der Waals surface area contributed by atoms with Crippen LogP contribution >= 0.6 is 0 Å². The van der Waals surface area contributed by atoms with Gasteiger partial charge in [-0.05, 0) is 35.2 Å². The first-order valence-corrected chi connectivity index (χ1v) is 7.91. The van der Waals surface area contributed by atoms with Crippen LogP contribution in [0.15, 0.2) is 42.5 Å². The number of aliphatic hydroxyl groups is 1. The van der Waals surface area contributed by atoms with Gasteiger partial charge in [-0.25, -0.2) is 4.39 Å². The van der Waals surface area contributed by atoms with Crippen molar-refractivity contribution in [3.05, 3.63) is 75.1 Å². The number of carbonyl (C=O) groups is 1. The number of benzene rings is 2. The number of non-ortho nitro benzene ring substituents is 1. The molecule has 1 heterocycles. The Balaban J connectivity index is 1.69. The first-order valence-electron chi connectivity index (χ1n) is 7.91. The van der Waals surface area contributed by atoms with Gasteiger partial charge in [0.05, 0.1) is 17.4 Å². The lowest BCUT2D eigenvalue weighted by Crippen LogP contribution is -2.36. The molecule has 1 N–H and O–H groups in total. The summed E-state index contributed by atoms with van der Waals surface area (Å²) in [4.78, 5) is 24.4. The van der Waals surface area contributed by atoms with Gasteiger partial charge in [0.2, 0.25) is 5.91 Å². The second-order valence-corrected chi connectivity index (χ2v) is 6.05. The van der Waals surface area contributed by atoms with E-state index in [9.17, 15) is 24.4 Å². The molecule has 0 fully saturated rings. The second-order valence-electron chi connectivity index (χ2n) is 6.05. The molecule has 0 saturated carbocycles. The van der Waals surface area contributed by atoms with E-state index in [-0.39, 0.29) is 24.6 Å². The predicted octanol–water partition coefficient (Wildman–Crippen LogP) is 2.74. The van der Waals surface area contributed by atoms with Gasteiger partial charge in [0.25, 0.3) is 5.69 Å². The molecule has 0 aliphatic carbocycles. The zero-order valence-corrected chi connectivity index (χ0v) is 13.4. The van der Waals surface area contributed by atoms with Gasteiger partial charge in [-0.3, -0.25) is 14.9 Å². The number of nitrogens with zero attached hydrogens (tertiary/aromatic N) is 2. The molecule has 0 radical (unpaired) electrons. The second kappa shape index (κ2) is 6.98. The van der Waals surface area contributed by atoms with E-state index < -0.39 is 16.8 Å². The van der Waals surface area contributed by atoms with Crippen LogP contribution in [-0.4, -0.2) is 27.4 Å². The number of amides is 1. The number of hydrogen-bond acceptors (Lipinski definition) is 4. The Morgan fingerprint density at radius 2 is 2.08 bits per heavy atom. The lowest BCUT2D eigenvalue weighted by molar-refractivity contribution is -0.385. The number of nitro benzene ring substituents is 1. The van der Waals surface area contributed by atoms with Gasteiger partial charge in [0.1, 0.15) is 5.82 Å². The van der Waals surface area contributed by atoms with Crippen LogP contribution < -0.4 is 0 Å². The minimum Gasteiger partial charge on any atom is -0.388 e. The molecular formula is C18H17FN2O4. The molecule has 0 aromatic heterocycles. The lowest BCUT2D eigenvalue weighted by atomic mass is 9.98. The van der Waals surface area contributed by atoms with Crippen LogP contribution in [0.5, 0.6) is 0 Å². The van der Waals surface area contributed by atoms with Crippen molar-refractivity contribution in [2.24, 2.45) is 0 Å². The molecule has 7 heteroatoms. The van der Waals surface area contributed by atoms with Crippen molar-refractivity contribution in [1.82, 2.24) is 4.90 Å². The Bertz CT molecular complexity index is 824. The molecule has 1 aliphatic rings. The molecular weight excluding hydrogens is 327 g/mol. The van der Waals surface area contributed by atoms with Gasteiger partial charge < -0.3 is 10.0 Å². The molecule has 3 rings (SSSR count). The monoisotopic (exact) mass is 344 g/mol. The van der Waals surface area contributed by atoms with E-state index >= 15 is 0 Å². The van der Waals surface area contributed by atoms with Crippen LogP contribution in [0.2, 0.25) is 0 Å². The van der Waals surface area contributed by atoms with Crippen LogP contribution in [-0.2, 0) is 17.8 Å². The number of aliphatic hydroxyl groups excluding tert-OH is 1. The lowest BCUT2D eigenvalue weighted by Gasteiger charge is -2.29. The minimum atomic E-state index is -1.09. The maximum absolute atomic E-state index is 13.2. The summed E-state index contributed by atoms with van der Waals surface area (Å²) < 4.78 is 13.2. The van der Waals surface area contributed by atoms with Gasteiger partial charge >= 0.3 is 0 Å². The number of fused-ring (bicyclic) bond motifs is 1. The zero-order chi connectivity index (χ0) is 18.0. The van der Waals surface area contributed by atoms with Gasteiger partial charge in [-0.1, -0.05) is 18.2 Å². The van der Waals surface area contributed by atoms with Gasteiger partial charge in [0, 0.05) is 25.2 Å². The van der Waals surface area contributed by atoms with Crippen molar-refractivity contribution in [1.29, 1.82) is 0 Å². The molecule has 1 unspecified atom stereocenters. The molecule has 2 aromatic carbocycles. The number of rotatable bonds is 4. The molecule has 0 bridgehead atoms. The van der Waals surface area contributed by atoms with E-state index in [1.807, 2.05) is 0 Å². The highest BCUT2D eigenvalue weighted by Crippen LogP contribution is 2.25. The Kier molecular flexibility index (Phi) is 4.76. The van der Waals surface area contributed by atoms with Crippen LogP contribution in [0, 0.1) is 15.9 Å². The minimum absolute atomic E-state index is 0.00663. The first kappa shape index (κ1) is 17.0. The summed E-state index contributed by atoms with van der Waals surface area (Å²) in [5, 5.41) is 21.0. The summed E-state index contributed by atoms with van der Waals surface area (Å²) >= 11 is 0. The maximum Gasteiger partial charge on any atom is 0.269 e. The van der Waals surface area contributed by atoms with Gasteiger partial charge in [-0.15, -0.1) is 0 Å². The topological polar surface area (TPSA) is 83.7 Å². The quantitative estimate of drug-likeness (QED) is 0.683. The van der Waals surface area contributed by atoms with Crippen molar-refractivity contribution in [2.45, 2.75) is 25.5 Å². The molecule has 1 aliphatic heterocycles. The van der Waals surface area contributed by atoms with Crippen molar-refractivity contribution < 1.29 is 19.2 Å². The Hall–Kier alpha value is -2.80. The fourth-order valence-corrected chi connectivity index (χ4v) is 3.00. The van der Waals surface area contributed by atoms with Crippen LogP contribution in [0.25, 0.3) is 0 Å². The summed E-state index contributed by atoms with van der Waals surface area (Å²) in [7, 11) is 0. The highest BCUT2D eigenvalue weighted by atomic mass is 19.1. The molecule has 130 valence electrons. The maximum atomic E-state index is 13.2. The summed E-state index contributed by atoms with van der Waals surface area (Å²) in [6, 6.07) is 10.2. The standard InChI is InChI=1S/C18H17FN2O4/c19-15-3-1-2-13(8-15)17(22)10-18(23)20-7-6-12-4-5-16(21(24)25)9-14(12)11-20/h1-5,8-9,17,22H,6-7,10-11H2. The fraction of sp³-hybridized carbons (Fsp3) is 0.278. The number of halogens is 1. The first-order chi connectivity index (χ1) is 11.9. The van der Waals surface area contributed by atoms with Gasteiger partial charge in [-0.2, -0.15) is 0 Å². The highest BCUT2D eigenvalue weighted by Gasteiger charge is 2.24. The van der Waals surface area contributed by atoms with Crippen LogP contribution in [0.3, 0.4) is 0 Å². The summed E-state index contributed by atoms with van der Waals surface area (Å²) in [5.41, 5.74) is 2.07. The van der Waals surface area contributed by atoms with Crippen molar-refractivity contribution in [3.8, 4) is 0 Å². The average molecular weight is 344 g/mol. The molecule has 25 heavy (non-hydrogen) atoms. The third-order valence-corrected chi connectivity index (χ3v) is 4.37. The van der Waals surface area contributed by atoms with E-state index in [2.05, 4.69) is 0 Å². The molecule has 0 spiro atoms. The fourth-order valence-electron chi connectivity index (χ4n) is 3.00. The van der Waals surface area contributed by atoms with Crippen molar-refractivity contribution in [2.75, 3.05) is 6.54 Å². The Morgan fingerprint density at radius 1 is 1.28 bits per heavy atom. The largest absolute Gasteiger partial charge is 0.388 e. The smallest absolute Gasteiger partial charge is 0.269 e. The molecule has 1 atom stereocenters. The molecule has 2 aromatic rings. The predicted molar refractivity (Wildman–Crippen MR) is 88.2 cm³/mol. The summed E-state index contributed by atoms with van der Waals surface area (Å²) in [6.07, 6.45) is -0.641. The zero-order valence-electron chi connectivity index (χ0n) is 13.4. The summed E-state index contributed by atoms with van der Waals surface area (Å²) in [5.74, 6) is -0.739. The highest BCUT2D eigenvalue weighted by molar-refractivity contribution is 5.77. The third kappa shape index (κ3) is 3.83. The van der Waals surface area contributed by atoms with E-state index in [0.29, 0.717) is 18.5 Å². The normalized spacial score (nSPS) is 14.7. The van der Waals surface area contributed by atoms with Crippen LogP contribution in [0.4, 0.5) is 10.1 Å². The van der Waals surface area contributed by atoms with Crippen molar-refractivity contribution >= 4 is 11.6 Å². The van der Waals surface area contributed by atoms with Crippen LogP contribution in [0.1, 0.15) is 29.2 Å². The molecule has 6 nitrogen and oxygen atoms in total. The SMILES string of the molecule is O=C(CC(O)c1cccc(F)c1)N1CCc2ccc([N+](=O)[O-])cc2C1. The number of nitro groups is 1. The van der Waals surface area contributed by atoms with E-state index in [1.165, 1.54) is 30.3 Å². The molecule has 1 amide bonds. The van der Waals surface area contributed by atoms with E-state index in [4.69, 9.17) is 0 Å².